The molecule has 0 unspecified atom stereocenters. The molecular formula is C14H22InN5O2S. The molecule has 7 nitrogen and oxygen atoms in total. The third kappa shape index (κ3) is 5.17. The summed E-state index contributed by atoms with van der Waals surface area (Å²) in [6.45, 7) is 0.963. The van der Waals surface area contributed by atoms with Gasteiger partial charge in [-0.05, 0) is 0 Å². The first-order valence-electron chi connectivity index (χ1n) is 7.96. The molecule has 0 atom stereocenters. The van der Waals surface area contributed by atoms with Gasteiger partial charge in [-0.2, -0.15) is 0 Å². The van der Waals surface area contributed by atoms with Gasteiger partial charge in [0.15, 0.2) is 0 Å². The van der Waals surface area contributed by atoms with Gasteiger partial charge in [0.05, 0.1) is 0 Å². The summed E-state index contributed by atoms with van der Waals surface area (Å²) >= 11 is -1.98. The third-order valence-corrected chi connectivity index (χ3v) is 11.5. The monoisotopic (exact) mass is 439 g/mol. The predicted molar refractivity (Wildman–Crippen MR) is 92.2 cm³/mol. The van der Waals surface area contributed by atoms with Gasteiger partial charge in [0.2, 0.25) is 0 Å². The molecular weight excluding hydrogens is 417 g/mol. The Morgan fingerprint density at radius 1 is 1.26 bits per heavy atom. The van der Waals surface area contributed by atoms with Crippen molar-refractivity contribution >= 4 is 41.1 Å². The van der Waals surface area contributed by atoms with Crippen LogP contribution in [0.2, 0.25) is 0 Å². The van der Waals surface area contributed by atoms with Crippen LogP contribution in [0.15, 0.2) is 22.2 Å². The van der Waals surface area contributed by atoms with Crippen molar-refractivity contribution in [1.82, 2.24) is 18.0 Å². The fourth-order valence-corrected chi connectivity index (χ4v) is 9.38. The number of nitrogens with one attached hydrogen (secondary N) is 3. The Kier molecular flexibility index (Phi) is 5.61. The van der Waals surface area contributed by atoms with Crippen LogP contribution in [0.4, 0.5) is 5.95 Å². The molecule has 0 bridgehead atoms. The van der Waals surface area contributed by atoms with Crippen molar-refractivity contribution < 1.29 is 8.42 Å². The van der Waals surface area contributed by atoms with Gasteiger partial charge in [-0.25, -0.2) is 0 Å². The molecule has 0 saturated heterocycles. The van der Waals surface area contributed by atoms with Crippen LogP contribution in [0.3, 0.4) is 0 Å². The van der Waals surface area contributed by atoms with Crippen molar-refractivity contribution in [1.29, 1.82) is 0 Å². The number of hydrogen-bond acceptors (Lipinski definition) is 6. The molecule has 0 spiro atoms. The molecule has 1 saturated carbocycles. The van der Waals surface area contributed by atoms with E-state index in [9.17, 15) is 8.42 Å². The standard InChI is InChI=1S/C11H17N4O2S.C3H5N.In/c1-18(16,17)15-10-5-3-9(4-6-10)14-11-12-7-2-8-13-11;1-2-3-4;/h2,7,9-10,15H,3-6H2,1H3,(H,12,13,14);1-2,4H,3H2;/q;-1;+1. The summed E-state index contributed by atoms with van der Waals surface area (Å²) in [4.78, 5) is 9.00. The van der Waals surface area contributed by atoms with Crippen LogP contribution < -0.4 is 16.8 Å². The summed E-state index contributed by atoms with van der Waals surface area (Å²) in [6.07, 6.45) is 8.76. The van der Waals surface area contributed by atoms with Gasteiger partial charge in [-0.15, -0.1) is 0 Å². The van der Waals surface area contributed by atoms with E-state index in [4.69, 9.17) is 0 Å². The van der Waals surface area contributed by atoms with E-state index in [1.165, 1.54) is 9.71 Å². The molecule has 124 valence electrons. The van der Waals surface area contributed by atoms with E-state index in [2.05, 4.69) is 33.2 Å². The zero-order valence-corrected chi connectivity index (χ0v) is 17.3. The molecule has 9 heteroatoms. The van der Waals surface area contributed by atoms with E-state index in [-0.39, 0.29) is 6.04 Å². The molecule has 1 aromatic heterocycles. The van der Waals surface area contributed by atoms with Crippen molar-refractivity contribution in [2.75, 3.05) is 18.1 Å². The van der Waals surface area contributed by atoms with Crippen molar-refractivity contribution in [3.8, 4) is 0 Å². The summed E-state index contributed by atoms with van der Waals surface area (Å²) in [5.41, 5.74) is 0. The quantitative estimate of drug-likeness (QED) is 0.581. The first-order chi connectivity index (χ1) is 11.0. The molecule has 0 aromatic carbocycles. The molecule has 2 aliphatic rings. The molecule has 2 heterocycles. The molecule has 0 amide bonds. The Bertz CT molecular complexity index is 674. The van der Waals surface area contributed by atoms with Gasteiger partial charge >= 0.3 is 146 Å². The van der Waals surface area contributed by atoms with Crippen LogP contribution >= 0.6 is 0 Å². The Balaban J connectivity index is 1.54. The van der Waals surface area contributed by atoms with Crippen molar-refractivity contribution in [3.63, 3.8) is 0 Å². The Hall–Kier alpha value is -0.640. The number of rotatable bonds is 5. The van der Waals surface area contributed by atoms with E-state index < -0.39 is 31.7 Å². The van der Waals surface area contributed by atoms with Crippen molar-refractivity contribution in [2.24, 2.45) is 0 Å². The summed E-state index contributed by atoms with van der Waals surface area (Å²) in [5.74, 6) is 0.695. The average molecular weight is 439 g/mol. The number of nitrogens with zero attached hydrogens (tertiary/aromatic N) is 2. The number of hydrogen-bond donors (Lipinski definition) is 3. The Labute approximate surface area is 145 Å². The maximum absolute atomic E-state index is 11.3. The second kappa shape index (κ2) is 7.50. The summed E-state index contributed by atoms with van der Waals surface area (Å²) in [6, 6.07) is 2.38. The van der Waals surface area contributed by atoms with E-state index >= 15 is 0 Å². The van der Waals surface area contributed by atoms with Gasteiger partial charge in [0.1, 0.15) is 0 Å². The molecule has 1 fully saturated rings. The van der Waals surface area contributed by atoms with E-state index in [0.717, 1.165) is 32.2 Å². The second-order valence-corrected chi connectivity index (χ2v) is 14.7. The molecule has 3 N–H and O–H groups in total. The van der Waals surface area contributed by atoms with E-state index in [1.807, 2.05) is 12.3 Å². The topological polar surface area (TPSA) is 96.0 Å². The molecule has 0 radical (unpaired) electrons. The molecule has 1 aliphatic carbocycles. The Morgan fingerprint density at radius 2 is 2.00 bits per heavy atom. The molecule has 1 aromatic rings. The SMILES string of the molecule is CS(=O)(=O)NC1CCC(Nc2ncc[c]([In]3[CH]=CC[NH]3)n2)CC1. The van der Waals surface area contributed by atoms with Crippen LogP contribution in [0, 0.1) is 0 Å². The van der Waals surface area contributed by atoms with Gasteiger partial charge in [-0.3, -0.25) is 0 Å². The molecule has 3 rings (SSSR count). The first kappa shape index (κ1) is 17.2. The number of anilines is 1. The normalized spacial score (nSPS) is 24.8. The number of aromatic nitrogens is 2. The minimum absolute atomic E-state index is 0.0549. The number of sulfonamides is 1. The minimum atomic E-state index is -3.12. The third-order valence-electron chi connectivity index (χ3n) is 4.22. The second-order valence-electron chi connectivity index (χ2n) is 6.20. The fourth-order valence-electron chi connectivity index (χ4n) is 3.13. The van der Waals surface area contributed by atoms with Crippen LogP contribution in [0.25, 0.3) is 0 Å². The predicted octanol–water partition coefficient (Wildman–Crippen LogP) is -0.354. The average Bonchev–Trinajstić information content (AvgIpc) is 3.02. The Morgan fingerprint density at radius 3 is 2.65 bits per heavy atom. The molecule has 23 heavy (non-hydrogen) atoms. The fraction of sp³-hybridized carbons (Fsp3) is 0.571. The molecule has 1 aliphatic heterocycles. The zero-order chi connectivity index (χ0) is 16.3. The summed E-state index contributed by atoms with van der Waals surface area (Å²) < 4.78 is 32.3. The zero-order valence-electron chi connectivity index (χ0n) is 13.2. The van der Waals surface area contributed by atoms with E-state index in [0.29, 0.717) is 12.0 Å². The van der Waals surface area contributed by atoms with Crippen molar-refractivity contribution in [3.05, 3.63) is 22.2 Å². The van der Waals surface area contributed by atoms with Crippen LogP contribution in [0.1, 0.15) is 25.7 Å². The van der Waals surface area contributed by atoms with Crippen LogP contribution in [0.5, 0.6) is 0 Å². The summed E-state index contributed by atoms with van der Waals surface area (Å²) in [7, 11) is -3.12. The van der Waals surface area contributed by atoms with Gasteiger partial charge in [0.25, 0.3) is 0 Å². The first-order valence-corrected chi connectivity index (χ1v) is 15.1. The van der Waals surface area contributed by atoms with Crippen molar-refractivity contribution in [2.45, 2.75) is 37.8 Å². The van der Waals surface area contributed by atoms with Gasteiger partial charge < -0.3 is 0 Å². The van der Waals surface area contributed by atoms with Crippen LogP contribution in [-0.2, 0) is 10.0 Å². The summed E-state index contributed by atoms with van der Waals surface area (Å²) in [5, 5.41) is 3.41. The van der Waals surface area contributed by atoms with Crippen LogP contribution in [-0.4, -0.2) is 65.0 Å². The maximum atomic E-state index is 11.3. The van der Waals surface area contributed by atoms with E-state index in [1.54, 1.807) is 0 Å². The van der Waals surface area contributed by atoms with Gasteiger partial charge in [0, 0.05) is 0 Å². The van der Waals surface area contributed by atoms with Gasteiger partial charge in [-0.1, -0.05) is 0 Å².